The third kappa shape index (κ3) is 2.54. The van der Waals surface area contributed by atoms with Gasteiger partial charge in [0.25, 0.3) is 0 Å². The molecule has 2 aromatic heterocycles. The van der Waals surface area contributed by atoms with Crippen molar-refractivity contribution in [1.29, 1.82) is 0 Å². The van der Waals surface area contributed by atoms with E-state index in [9.17, 15) is 0 Å². The fraction of sp³-hybridized carbons (Fsp3) is 0.250. The summed E-state index contributed by atoms with van der Waals surface area (Å²) in [6.45, 7) is 1.49. The molecule has 2 aromatic rings. The van der Waals surface area contributed by atoms with E-state index in [4.69, 9.17) is 11.6 Å². The Bertz CT molecular complexity index is 384. The van der Waals surface area contributed by atoms with E-state index in [0.29, 0.717) is 6.54 Å². The van der Waals surface area contributed by atoms with Gasteiger partial charge in [-0.05, 0) is 12.1 Å². The summed E-state index contributed by atoms with van der Waals surface area (Å²) in [7, 11) is 0. The number of rotatable bonds is 4. The minimum atomic E-state index is 0.690. The molecule has 14 heavy (non-hydrogen) atoms. The van der Waals surface area contributed by atoms with Crippen molar-refractivity contribution in [3.8, 4) is 0 Å². The van der Waals surface area contributed by atoms with Crippen molar-refractivity contribution in [2.45, 2.75) is 13.1 Å². The number of halogens is 1. The van der Waals surface area contributed by atoms with Crippen LogP contribution in [0.3, 0.4) is 0 Å². The summed E-state index contributed by atoms with van der Waals surface area (Å²) in [5, 5.41) is 9.78. The second-order valence-corrected chi connectivity index (χ2v) is 4.54. The van der Waals surface area contributed by atoms with Gasteiger partial charge in [0.15, 0.2) is 0 Å². The number of nitrogens with one attached hydrogen (secondary N) is 2. The van der Waals surface area contributed by atoms with Crippen molar-refractivity contribution in [2.24, 2.45) is 0 Å². The van der Waals surface area contributed by atoms with Crippen molar-refractivity contribution < 1.29 is 0 Å². The van der Waals surface area contributed by atoms with E-state index in [0.717, 1.165) is 16.7 Å². The molecule has 0 amide bonds. The maximum Gasteiger partial charge on any atom is 0.138 e. The van der Waals surface area contributed by atoms with E-state index in [1.54, 1.807) is 11.3 Å². The maximum atomic E-state index is 5.80. The molecule has 0 atom stereocenters. The summed E-state index contributed by atoms with van der Waals surface area (Å²) in [6.07, 6.45) is 1.50. The molecule has 2 rings (SSSR count). The number of nitrogens with zero attached hydrogens (tertiary/aromatic N) is 2. The number of hydrogen-bond donors (Lipinski definition) is 2. The van der Waals surface area contributed by atoms with Gasteiger partial charge in [-0.25, -0.2) is 4.98 Å². The zero-order valence-electron chi connectivity index (χ0n) is 7.33. The first-order chi connectivity index (χ1) is 6.84. The normalized spacial score (nSPS) is 10.6. The predicted octanol–water partition coefficient (Wildman–Crippen LogP) is 1.81. The molecule has 2 heterocycles. The van der Waals surface area contributed by atoms with Crippen LogP contribution in [0.25, 0.3) is 0 Å². The van der Waals surface area contributed by atoms with Crippen LogP contribution < -0.4 is 5.32 Å². The molecular weight excluding hydrogens is 220 g/mol. The molecule has 0 aromatic carbocycles. The van der Waals surface area contributed by atoms with Gasteiger partial charge in [-0.15, -0.1) is 11.3 Å². The molecule has 0 aliphatic heterocycles. The third-order valence-corrected chi connectivity index (χ3v) is 2.92. The van der Waals surface area contributed by atoms with E-state index in [2.05, 4.69) is 20.5 Å². The van der Waals surface area contributed by atoms with E-state index < -0.39 is 0 Å². The van der Waals surface area contributed by atoms with E-state index >= 15 is 0 Å². The highest BCUT2D eigenvalue weighted by Gasteiger charge is 1.98. The lowest BCUT2D eigenvalue weighted by Crippen LogP contribution is -2.12. The Labute approximate surface area is 90.3 Å². The van der Waals surface area contributed by atoms with Gasteiger partial charge in [0.05, 0.1) is 10.9 Å². The Kier molecular flexibility index (Phi) is 3.13. The van der Waals surface area contributed by atoms with Crippen LogP contribution in [-0.4, -0.2) is 15.2 Å². The van der Waals surface area contributed by atoms with Crippen LogP contribution >= 0.6 is 22.9 Å². The third-order valence-electron chi connectivity index (χ3n) is 1.69. The van der Waals surface area contributed by atoms with Crippen molar-refractivity contribution in [2.75, 3.05) is 0 Å². The zero-order valence-corrected chi connectivity index (χ0v) is 8.90. The highest BCUT2D eigenvalue weighted by atomic mass is 35.5. The first-order valence-corrected chi connectivity index (χ1v) is 5.33. The fourth-order valence-corrected chi connectivity index (χ4v) is 2.12. The maximum absolute atomic E-state index is 5.80. The molecule has 0 saturated heterocycles. The van der Waals surface area contributed by atoms with Crippen LogP contribution in [0.5, 0.6) is 0 Å². The Morgan fingerprint density at radius 1 is 1.43 bits per heavy atom. The van der Waals surface area contributed by atoms with Crippen molar-refractivity contribution in [3.63, 3.8) is 0 Å². The van der Waals surface area contributed by atoms with Gasteiger partial charge in [0.1, 0.15) is 12.2 Å². The second kappa shape index (κ2) is 4.54. The molecule has 0 saturated carbocycles. The van der Waals surface area contributed by atoms with E-state index in [1.807, 2.05) is 12.1 Å². The number of H-pyrrole nitrogens is 1. The molecule has 74 valence electrons. The highest BCUT2D eigenvalue weighted by Crippen LogP contribution is 2.20. The molecule has 0 bridgehead atoms. The number of thiophene rings is 1. The van der Waals surface area contributed by atoms with Crippen LogP contribution in [0.15, 0.2) is 18.5 Å². The number of aromatic amines is 1. The minimum Gasteiger partial charge on any atom is -0.305 e. The van der Waals surface area contributed by atoms with Crippen LogP contribution in [0, 0.1) is 0 Å². The van der Waals surface area contributed by atoms with Gasteiger partial charge in [0.2, 0.25) is 0 Å². The molecule has 0 fully saturated rings. The zero-order chi connectivity index (χ0) is 9.80. The quantitative estimate of drug-likeness (QED) is 0.839. The predicted molar refractivity (Wildman–Crippen MR) is 56.3 cm³/mol. The summed E-state index contributed by atoms with van der Waals surface area (Å²) in [5.41, 5.74) is 0. The summed E-state index contributed by atoms with van der Waals surface area (Å²) in [6, 6.07) is 3.91. The molecule has 2 N–H and O–H groups in total. The molecule has 0 aliphatic carbocycles. The molecule has 0 unspecified atom stereocenters. The summed E-state index contributed by atoms with van der Waals surface area (Å²) < 4.78 is 0.821. The van der Waals surface area contributed by atoms with Crippen molar-refractivity contribution in [1.82, 2.24) is 20.5 Å². The van der Waals surface area contributed by atoms with Gasteiger partial charge in [0, 0.05) is 11.4 Å². The standard InChI is InChI=1S/C8H9ClN4S/c9-7-2-1-6(14-7)3-10-4-8-11-5-12-13-8/h1-2,5,10H,3-4H2,(H,11,12,13). The lowest BCUT2D eigenvalue weighted by Gasteiger charge is -1.98. The Balaban J connectivity index is 1.78. The second-order valence-electron chi connectivity index (χ2n) is 2.74. The van der Waals surface area contributed by atoms with Gasteiger partial charge in [-0.3, -0.25) is 5.10 Å². The Morgan fingerprint density at radius 2 is 2.36 bits per heavy atom. The SMILES string of the molecule is Clc1ccc(CNCc2ncn[nH]2)s1. The van der Waals surface area contributed by atoms with E-state index in [1.165, 1.54) is 11.2 Å². The van der Waals surface area contributed by atoms with Gasteiger partial charge in [-0.2, -0.15) is 5.10 Å². The number of aromatic nitrogens is 3. The molecule has 0 radical (unpaired) electrons. The summed E-state index contributed by atoms with van der Waals surface area (Å²) in [4.78, 5) is 5.22. The van der Waals surface area contributed by atoms with Crippen LogP contribution in [0.4, 0.5) is 0 Å². The van der Waals surface area contributed by atoms with Crippen molar-refractivity contribution in [3.05, 3.63) is 33.5 Å². The van der Waals surface area contributed by atoms with Gasteiger partial charge >= 0.3 is 0 Å². The lowest BCUT2D eigenvalue weighted by molar-refractivity contribution is 0.671. The molecule has 0 spiro atoms. The minimum absolute atomic E-state index is 0.690. The lowest BCUT2D eigenvalue weighted by atomic mass is 10.4. The van der Waals surface area contributed by atoms with Crippen LogP contribution in [0.2, 0.25) is 4.34 Å². The van der Waals surface area contributed by atoms with Gasteiger partial charge < -0.3 is 5.32 Å². The Hall–Kier alpha value is -0.910. The largest absolute Gasteiger partial charge is 0.305 e. The average Bonchev–Trinajstić information content (AvgIpc) is 2.77. The topological polar surface area (TPSA) is 53.6 Å². The highest BCUT2D eigenvalue weighted by molar-refractivity contribution is 7.16. The first kappa shape index (κ1) is 9.64. The molecule has 0 aliphatic rings. The average molecular weight is 229 g/mol. The van der Waals surface area contributed by atoms with Crippen molar-refractivity contribution >= 4 is 22.9 Å². The summed E-state index contributed by atoms with van der Waals surface area (Å²) >= 11 is 7.38. The number of hydrogen-bond acceptors (Lipinski definition) is 4. The Morgan fingerprint density at radius 3 is 3.00 bits per heavy atom. The fourth-order valence-electron chi connectivity index (χ4n) is 1.07. The van der Waals surface area contributed by atoms with Gasteiger partial charge in [-0.1, -0.05) is 11.6 Å². The molecule has 4 nitrogen and oxygen atoms in total. The molecule has 6 heteroatoms. The monoisotopic (exact) mass is 228 g/mol. The first-order valence-electron chi connectivity index (χ1n) is 4.14. The molecular formula is C8H9ClN4S. The summed E-state index contributed by atoms with van der Waals surface area (Å²) in [5.74, 6) is 0.840. The smallest absolute Gasteiger partial charge is 0.138 e. The van der Waals surface area contributed by atoms with E-state index in [-0.39, 0.29) is 0 Å². The van der Waals surface area contributed by atoms with Crippen LogP contribution in [0.1, 0.15) is 10.7 Å². The van der Waals surface area contributed by atoms with Crippen LogP contribution in [-0.2, 0) is 13.1 Å².